The molecule has 0 radical (unpaired) electrons. The third-order valence-electron chi connectivity index (χ3n) is 2.94. The van der Waals surface area contributed by atoms with Crippen LogP contribution in [0.2, 0.25) is 0 Å². The van der Waals surface area contributed by atoms with E-state index >= 15 is 0 Å². The predicted octanol–water partition coefficient (Wildman–Crippen LogP) is 3.83. The largest absolute Gasteiger partial charge is 0.264 e. The Bertz CT molecular complexity index is 629. The molecular weight excluding hydrogens is 206 g/mol. The summed E-state index contributed by atoms with van der Waals surface area (Å²) in [5, 5.41) is 2.59. The van der Waals surface area contributed by atoms with Gasteiger partial charge in [-0.2, -0.15) is 0 Å². The lowest BCUT2D eigenvalue weighted by Gasteiger charge is -2.03. The van der Waals surface area contributed by atoms with E-state index in [0.717, 1.165) is 6.42 Å². The summed E-state index contributed by atoms with van der Waals surface area (Å²) in [7, 11) is 0. The van der Waals surface area contributed by atoms with Gasteiger partial charge in [0.2, 0.25) is 0 Å². The van der Waals surface area contributed by atoms with Crippen LogP contribution in [0, 0.1) is 0 Å². The number of fused-ring (bicyclic) bond motifs is 1. The molecular formula is C16H13N. The van der Waals surface area contributed by atoms with Crippen molar-refractivity contribution in [3.63, 3.8) is 0 Å². The molecule has 2 aromatic carbocycles. The number of hydrogen-bond donors (Lipinski definition) is 0. The third-order valence-corrected chi connectivity index (χ3v) is 2.94. The lowest BCUT2D eigenvalue weighted by atomic mass is 10.0. The van der Waals surface area contributed by atoms with Crippen LogP contribution < -0.4 is 0 Å². The van der Waals surface area contributed by atoms with E-state index in [1.54, 1.807) is 0 Å². The van der Waals surface area contributed by atoms with Gasteiger partial charge in [0.15, 0.2) is 0 Å². The average molecular weight is 219 g/mol. The molecule has 0 aliphatic heterocycles. The molecule has 17 heavy (non-hydrogen) atoms. The van der Waals surface area contributed by atoms with Crippen molar-refractivity contribution in [3.05, 3.63) is 78.1 Å². The summed E-state index contributed by atoms with van der Waals surface area (Å²) in [4.78, 5) is 4.14. The van der Waals surface area contributed by atoms with Crippen molar-refractivity contribution < 1.29 is 0 Å². The van der Waals surface area contributed by atoms with E-state index in [0.29, 0.717) is 0 Å². The molecule has 82 valence electrons. The van der Waals surface area contributed by atoms with Gasteiger partial charge >= 0.3 is 0 Å². The van der Waals surface area contributed by atoms with E-state index in [1.165, 1.54) is 21.9 Å². The first-order valence-electron chi connectivity index (χ1n) is 5.78. The fourth-order valence-electron chi connectivity index (χ4n) is 2.09. The summed E-state index contributed by atoms with van der Waals surface area (Å²) in [5.74, 6) is 0. The minimum Gasteiger partial charge on any atom is -0.264 e. The lowest BCUT2D eigenvalue weighted by molar-refractivity contribution is 1.15. The summed E-state index contributed by atoms with van der Waals surface area (Å²) in [6, 6.07) is 19.2. The minimum absolute atomic E-state index is 0.943. The van der Waals surface area contributed by atoms with Crippen molar-refractivity contribution in [1.82, 2.24) is 4.98 Å². The Hall–Kier alpha value is -2.15. The second kappa shape index (κ2) is 4.38. The van der Waals surface area contributed by atoms with Gasteiger partial charge in [-0.15, -0.1) is 0 Å². The molecule has 3 aromatic rings. The van der Waals surface area contributed by atoms with Crippen LogP contribution in [0.1, 0.15) is 11.1 Å². The molecule has 1 heterocycles. The van der Waals surface area contributed by atoms with Gasteiger partial charge in [-0.05, 0) is 34.4 Å². The molecule has 0 spiro atoms. The Morgan fingerprint density at radius 3 is 2.47 bits per heavy atom. The third kappa shape index (κ3) is 2.18. The van der Waals surface area contributed by atoms with Gasteiger partial charge < -0.3 is 0 Å². The maximum absolute atomic E-state index is 4.14. The molecule has 0 atom stereocenters. The van der Waals surface area contributed by atoms with Gasteiger partial charge in [-0.1, -0.05) is 48.5 Å². The molecule has 1 nitrogen and oxygen atoms in total. The standard InChI is InChI=1S/C16H13N/c1-2-6-16-11-13(7-8-15(16)5-1)10-14-4-3-9-17-12-14/h1-9,11-12H,10H2. The maximum atomic E-state index is 4.14. The molecule has 0 bridgehead atoms. The van der Waals surface area contributed by atoms with E-state index < -0.39 is 0 Å². The van der Waals surface area contributed by atoms with Crippen LogP contribution in [0.5, 0.6) is 0 Å². The molecule has 0 saturated carbocycles. The van der Waals surface area contributed by atoms with Crippen molar-refractivity contribution >= 4 is 10.8 Å². The zero-order valence-corrected chi connectivity index (χ0v) is 9.51. The fourth-order valence-corrected chi connectivity index (χ4v) is 2.09. The van der Waals surface area contributed by atoms with Crippen LogP contribution in [-0.2, 0) is 6.42 Å². The Labute approximate surface area is 101 Å². The molecule has 0 fully saturated rings. The zero-order chi connectivity index (χ0) is 11.5. The molecule has 1 heteroatoms. The Morgan fingerprint density at radius 2 is 1.65 bits per heavy atom. The first-order chi connectivity index (χ1) is 8.42. The summed E-state index contributed by atoms with van der Waals surface area (Å²) in [6.45, 7) is 0. The SMILES string of the molecule is c1cncc(Cc2ccc3ccccc3c2)c1. The van der Waals surface area contributed by atoms with Crippen LogP contribution in [0.3, 0.4) is 0 Å². The number of rotatable bonds is 2. The van der Waals surface area contributed by atoms with Gasteiger partial charge in [-0.3, -0.25) is 4.98 Å². The minimum atomic E-state index is 0.943. The second-order valence-electron chi connectivity index (χ2n) is 4.22. The Morgan fingerprint density at radius 1 is 0.765 bits per heavy atom. The summed E-state index contributed by atoms with van der Waals surface area (Å²) < 4.78 is 0. The topological polar surface area (TPSA) is 12.9 Å². The van der Waals surface area contributed by atoms with E-state index in [1.807, 2.05) is 18.5 Å². The van der Waals surface area contributed by atoms with Gasteiger partial charge in [-0.25, -0.2) is 0 Å². The first-order valence-corrected chi connectivity index (χ1v) is 5.78. The second-order valence-corrected chi connectivity index (χ2v) is 4.22. The van der Waals surface area contributed by atoms with E-state index in [2.05, 4.69) is 53.5 Å². The van der Waals surface area contributed by atoms with Crippen LogP contribution in [-0.4, -0.2) is 4.98 Å². The monoisotopic (exact) mass is 219 g/mol. The number of benzene rings is 2. The first kappa shape index (κ1) is 10.0. The molecule has 0 N–H and O–H groups in total. The van der Waals surface area contributed by atoms with E-state index in [9.17, 15) is 0 Å². The maximum Gasteiger partial charge on any atom is 0.0303 e. The molecule has 0 amide bonds. The van der Waals surface area contributed by atoms with E-state index in [4.69, 9.17) is 0 Å². The highest BCUT2D eigenvalue weighted by molar-refractivity contribution is 5.83. The van der Waals surface area contributed by atoms with Crippen molar-refractivity contribution in [2.24, 2.45) is 0 Å². The highest BCUT2D eigenvalue weighted by atomic mass is 14.6. The smallest absolute Gasteiger partial charge is 0.0303 e. The van der Waals surface area contributed by atoms with Crippen molar-refractivity contribution in [1.29, 1.82) is 0 Å². The summed E-state index contributed by atoms with van der Waals surface area (Å²) in [5.41, 5.74) is 2.58. The average Bonchev–Trinajstić information content (AvgIpc) is 2.40. The van der Waals surface area contributed by atoms with Crippen LogP contribution in [0.4, 0.5) is 0 Å². The highest BCUT2D eigenvalue weighted by Gasteiger charge is 1.98. The Balaban J connectivity index is 1.96. The zero-order valence-electron chi connectivity index (χ0n) is 9.51. The fraction of sp³-hybridized carbons (Fsp3) is 0.0625. The van der Waals surface area contributed by atoms with Gasteiger partial charge in [0.1, 0.15) is 0 Å². The lowest BCUT2D eigenvalue weighted by Crippen LogP contribution is -1.88. The Kier molecular flexibility index (Phi) is 2.59. The van der Waals surface area contributed by atoms with Crippen molar-refractivity contribution in [2.45, 2.75) is 6.42 Å². The molecule has 3 rings (SSSR count). The number of pyridine rings is 1. The summed E-state index contributed by atoms with van der Waals surface area (Å²) >= 11 is 0. The van der Waals surface area contributed by atoms with Crippen molar-refractivity contribution in [2.75, 3.05) is 0 Å². The number of aromatic nitrogens is 1. The van der Waals surface area contributed by atoms with Gasteiger partial charge in [0, 0.05) is 12.4 Å². The van der Waals surface area contributed by atoms with Crippen LogP contribution in [0.15, 0.2) is 67.0 Å². The van der Waals surface area contributed by atoms with Gasteiger partial charge in [0.25, 0.3) is 0 Å². The van der Waals surface area contributed by atoms with E-state index in [-0.39, 0.29) is 0 Å². The highest BCUT2D eigenvalue weighted by Crippen LogP contribution is 2.17. The predicted molar refractivity (Wildman–Crippen MR) is 71.0 cm³/mol. The molecule has 0 saturated heterocycles. The quantitative estimate of drug-likeness (QED) is 0.638. The number of hydrogen-bond acceptors (Lipinski definition) is 1. The van der Waals surface area contributed by atoms with Crippen LogP contribution >= 0.6 is 0 Å². The van der Waals surface area contributed by atoms with Crippen molar-refractivity contribution in [3.8, 4) is 0 Å². The molecule has 0 aliphatic carbocycles. The molecule has 0 unspecified atom stereocenters. The van der Waals surface area contributed by atoms with Gasteiger partial charge in [0.05, 0.1) is 0 Å². The molecule has 1 aromatic heterocycles. The number of nitrogens with zero attached hydrogens (tertiary/aromatic N) is 1. The normalized spacial score (nSPS) is 10.6. The summed E-state index contributed by atoms with van der Waals surface area (Å²) in [6.07, 6.45) is 4.68. The van der Waals surface area contributed by atoms with Crippen LogP contribution in [0.25, 0.3) is 10.8 Å². The molecule has 0 aliphatic rings.